The molecule has 0 N–H and O–H groups in total. The Kier molecular flexibility index (Phi) is 2.35. The molecule has 4 aromatic rings. The van der Waals surface area contributed by atoms with Gasteiger partial charge in [-0.3, -0.25) is 0 Å². The first kappa shape index (κ1) is 10.9. The number of fused-ring (bicyclic) bond motifs is 1. The van der Waals surface area contributed by atoms with Crippen molar-refractivity contribution in [2.75, 3.05) is 0 Å². The van der Waals surface area contributed by atoms with Gasteiger partial charge in [0.15, 0.2) is 5.76 Å². The Morgan fingerprint density at radius 2 is 1.70 bits per heavy atom. The largest absolute Gasteiger partial charge is 0.422 e. The third-order valence-corrected chi connectivity index (χ3v) is 3.08. The molecule has 0 bridgehead atoms. The average Bonchev–Trinajstić information content (AvgIpc) is 3.14. The maximum atomic E-state index is 5.77. The van der Waals surface area contributed by atoms with E-state index in [2.05, 4.69) is 15.3 Å². The van der Waals surface area contributed by atoms with Crippen LogP contribution in [0.1, 0.15) is 0 Å². The molecule has 5 nitrogen and oxygen atoms in total. The highest BCUT2D eigenvalue weighted by Gasteiger charge is 2.12. The summed E-state index contributed by atoms with van der Waals surface area (Å²) in [6, 6.07) is 17.9. The van der Waals surface area contributed by atoms with E-state index in [9.17, 15) is 0 Å². The van der Waals surface area contributed by atoms with Gasteiger partial charge in [0.1, 0.15) is 5.52 Å². The molecule has 2 heterocycles. The summed E-state index contributed by atoms with van der Waals surface area (Å²) >= 11 is 0. The predicted octanol–water partition coefficient (Wildman–Crippen LogP) is 3.08. The van der Waals surface area contributed by atoms with Gasteiger partial charge in [0.25, 0.3) is 0 Å². The molecule has 0 unspecified atom stereocenters. The first-order valence-corrected chi connectivity index (χ1v) is 6.24. The molecule has 5 heteroatoms. The Balaban J connectivity index is 1.82. The molecule has 4 rings (SSSR count). The number of oxazole rings is 1. The lowest BCUT2D eigenvalue weighted by atomic mass is 10.2. The highest BCUT2D eigenvalue weighted by molar-refractivity contribution is 5.75. The number of hydrogen-bond acceptors (Lipinski definition) is 4. The van der Waals surface area contributed by atoms with Gasteiger partial charge >= 0.3 is 6.01 Å². The Morgan fingerprint density at radius 1 is 0.900 bits per heavy atom. The lowest BCUT2D eigenvalue weighted by molar-refractivity contribution is 0.520. The number of aromatic nitrogens is 4. The highest BCUT2D eigenvalue weighted by atomic mass is 16.4. The second-order valence-corrected chi connectivity index (χ2v) is 4.36. The van der Waals surface area contributed by atoms with E-state index in [0.717, 1.165) is 16.6 Å². The van der Waals surface area contributed by atoms with E-state index in [4.69, 9.17) is 4.42 Å². The van der Waals surface area contributed by atoms with E-state index < -0.39 is 0 Å². The molecule has 0 aliphatic heterocycles. The summed E-state index contributed by atoms with van der Waals surface area (Å²) in [6.07, 6.45) is 1.70. The fraction of sp³-hybridized carbons (Fsp3) is 0. The molecule has 0 spiro atoms. The molecule has 0 fully saturated rings. The highest BCUT2D eigenvalue weighted by Crippen LogP contribution is 2.22. The van der Waals surface area contributed by atoms with E-state index in [1.54, 1.807) is 10.9 Å². The van der Waals surface area contributed by atoms with Crippen molar-refractivity contribution in [2.45, 2.75) is 0 Å². The van der Waals surface area contributed by atoms with Gasteiger partial charge < -0.3 is 4.42 Å². The average molecular weight is 262 g/mol. The van der Waals surface area contributed by atoms with Crippen molar-refractivity contribution < 1.29 is 4.42 Å². The van der Waals surface area contributed by atoms with Gasteiger partial charge in [0, 0.05) is 5.56 Å². The van der Waals surface area contributed by atoms with Gasteiger partial charge in [-0.05, 0) is 12.1 Å². The minimum Gasteiger partial charge on any atom is -0.422 e. The zero-order chi connectivity index (χ0) is 13.4. The number of para-hydroxylation sites is 1. The molecule has 0 amide bonds. The molecule has 2 aromatic heterocycles. The summed E-state index contributed by atoms with van der Waals surface area (Å²) in [7, 11) is 0. The van der Waals surface area contributed by atoms with Crippen LogP contribution in [-0.2, 0) is 0 Å². The lowest BCUT2D eigenvalue weighted by Gasteiger charge is -1.96. The zero-order valence-corrected chi connectivity index (χ0v) is 10.5. The maximum absolute atomic E-state index is 5.77. The third-order valence-electron chi connectivity index (χ3n) is 3.08. The van der Waals surface area contributed by atoms with Crippen molar-refractivity contribution in [3.05, 3.63) is 60.8 Å². The summed E-state index contributed by atoms with van der Waals surface area (Å²) in [5, 5.41) is 8.17. The van der Waals surface area contributed by atoms with E-state index in [1.165, 1.54) is 0 Å². The molecule has 0 saturated carbocycles. The van der Waals surface area contributed by atoms with Crippen molar-refractivity contribution in [3.8, 4) is 17.3 Å². The normalized spacial score (nSPS) is 11.0. The summed E-state index contributed by atoms with van der Waals surface area (Å²) < 4.78 is 7.37. The summed E-state index contributed by atoms with van der Waals surface area (Å²) in [5.74, 6) is 0.709. The Labute approximate surface area is 114 Å². The Bertz CT molecular complexity index is 864. The SMILES string of the molecule is c1ccc(-c2cnc(-n3nnc4ccccc43)o2)cc1. The summed E-state index contributed by atoms with van der Waals surface area (Å²) in [5.41, 5.74) is 2.66. The van der Waals surface area contributed by atoms with Crippen LogP contribution in [0.2, 0.25) is 0 Å². The molecule has 0 saturated heterocycles. The van der Waals surface area contributed by atoms with Gasteiger partial charge in [-0.2, -0.15) is 9.67 Å². The second-order valence-electron chi connectivity index (χ2n) is 4.36. The van der Waals surface area contributed by atoms with Crippen LogP contribution in [0.3, 0.4) is 0 Å². The number of hydrogen-bond donors (Lipinski definition) is 0. The molecule has 0 atom stereocenters. The molecular weight excluding hydrogens is 252 g/mol. The van der Waals surface area contributed by atoms with Crippen molar-refractivity contribution in [1.82, 2.24) is 20.0 Å². The van der Waals surface area contributed by atoms with Crippen LogP contribution in [0.5, 0.6) is 0 Å². The van der Waals surface area contributed by atoms with E-state index in [-0.39, 0.29) is 0 Å². The van der Waals surface area contributed by atoms with Crippen LogP contribution in [0.15, 0.2) is 65.2 Å². The fourth-order valence-corrected chi connectivity index (χ4v) is 2.11. The minimum absolute atomic E-state index is 0.414. The van der Waals surface area contributed by atoms with E-state index >= 15 is 0 Å². The van der Waals surface area contributed by atoms with Crippen molar-refractivity contribution >= 4 is 11.0 Å². The Morgan fingerprint density at radius 3 is 2.60 bits per heavy atom. The molecule has 2 aromatic carbocycles. The van der Waals surface area contributed by atoms with Crippen LogP contribution in [-0.4, -0.2) is 20.0 Å². The van der Waals surface area contributed by atoms with Gasteiger partial charge in [-0.25, -0.2) is 0 Å². The zero-order valence-electron chi connectivity index (χ0n) is 10.5. The first-order valence-electron chi connectivity index (χ1n) is 6.24. The summed E-state index contributed by atoms with van der Waals surface area (Å²) in [6.45, 7) is 0. The second kappa shape index (κ2) is 4.31. The van der Waals surface area contributed by atoms with Crippen LogP contribution >= 0.6 is 0 Å². The quantitative estimate of drug-likeness (QED) is 0.557. The molecule has 0 aliphatic carbocycles. The third kappa shape index (κ3) is 1.68. The monoisotopic (exact) mass is 262 g/mol. The van der Waals surface area contributed by atoms with Crippen LogP contribution < -0.4 is 0 Å². The number of rotatable bonds is 2. The fourth-order valence-electron chi connectivity index (χ4n) is 2.11. The standard InChI is InChI=1S/C15H10N4O/c1-2-6-11(7-3-1)14-10-16-15(20-14)19-13-9-5-4-8-12(13)17-18-19/h1-10H. The van der Waals surface area contributed by atoms with Crippen LogP contribution in [0, 0.1) is 0 Å². The van der Waals surface area contributed by atoms with Gasteiger partial charge in [0.05, 0.1) is 11.7 Å². The van der Waals surface area contributed by atoms with Crippen LogP contribution in [0.25, 0.3) is 28.4 Å². The number of nitrogens with zero attached hydrogens (tertiary/aromatic N) is 4. The van der Waals surface area contributed by atoms with Crippen molar-refractivity contribution in [1.29, 1.82) is 0 Å². The topological polar surface area (TPSA) is 56.7 Å². The number of benzene rings is 2. The molecule has 0 aliphatic rings. The van der Waals surface area contributed by atoms with Gasteiger partial charge in [-0.1, -0.05) is 47.7 Å². The molecule has 20 heavy (non-hydrogen) atoms. The maximum Gasteiger partial charge on any atom is 0.325 e. The Hall–Kier alpha value is -2.95. The van der Waals surface area contributed by atoms with E-state index in [0.29, 0.717) is 11.8 Å². The molecule has 96 valence electrons. The van der Waals surface area contributed by atoms with Crippen molar-refractivity contribution in [2.24, 2.45) is 0 Å². The predicted molar refractivity (Wildman–Crippen MR) is 74.4 cm³/mol. The lowest BCUT2D eigenvalue weighted by Crippen LogP contribution is -1.96. The van der Waals surface area contributed by atoms with E-state index in [1.807, 2.05) is 54.6 Å². The smallest absolute Gasteiger partial charge is 0.325 e. The van der Waals surface area contributed by atoms with Gasteiger partial charge in [0.2, 0.25) is 0 Å². The summed E-state index contributed by atoms with van der Waals surface area (Å²) in [4.78, 5) is 4.28. The minimum atomic E-state index is 0.414. The van der Waals surface area contributed by atoms with Crippen LogP contribution in [0.4, 0.5) is 0 Å². The molecular formula is C15H10N4O. The molecule has 0 radical (unpaired) electrons. The van der Waals surface area contributed by atoms with Crippen molar-refractivity contribution in [3.63, 3.8) is 0 Å². The van der Waals surface area contributed by atoms with Gasteiger partial charge in [-0.15, -0.1) is 5.10 Å². The first-order chi connectivity index (χ1) is 9.92.